The number of hydrogen-bond donors (Lipinski definition) is 2. The van der Waals surface area contributed by atoms with Crippen molar-refractivity contribution < 1.29 is 4.39 Å². The van der Waals surface area contributed by atoms with Crippen molar-refractivity contribution in [3.63, 3.8) is 0 Å². The van der Waals surface area contributed by atoms with Gasteiger partial charge in [-0.15, -0.1) is 0 Å². The Morgan fingerprint density at radius 3 is 3.00 bits per heavy atom. The molecule has 2 heterocycles. The van der Waals surface area contributed by atoms with Crippen LogP contribution in [0.1, 0.15) is 31.7 Å². The van der Waals surface area contributed by atoms with Gasteiger partial charge in [0.2, 0.25) is 0 Å². The van der Waals surface area contributed by atoms with E-state index >= 15 is 0 Å². The second-order valence-electron chi connectivity index (χ2n) is 5.37. The van der Waals surface area contributed by atoms with Gasteiger partial charge in [0.25, 0.3) is 0 Å². The predicted molar refractivity (Wildman–Crippen MR) is 63.3 cm³/mol. The Hall–Kier alpha value is -1.09. The lowest BCUT2D eigenvalue weighted by Gasteiger charge is -2.41. The van der Waals surface area contributed by atoms with Crippen LogP contribution >= 0.6 is 0 Å². The lowest BCUT2D eigenvalue weighted by Crippen LogP contribution is -2.57. The lowest BCUT2D eigenvalue weighted by molar-refractivity contribution is 0.254. The summed E-state index contributed by atoms with van der Waals surface area (Å²) in [5.74, 6) is 0.252. The van der Waals surface area contributed by atoms with Crippen LogP contribution in [-0.2, 0) is 0 Å². The molecule has 16 heavy (non-hydrogen) atoms. The highest BCUT2D eigenvalue weighted by molar-refractivity contribution is 5.61. The Labute approximate surface area is 95.2 Å². The van der Waals surface area contributed by atoms with Crippen molar-refractivity contribution in [2.75, 3.05) is 11.9 Å². The van der Waals surface area contributed by atoms with Gasteiger partial charge in [-0.3, -0.25) is 0 Å². The van der Waals surface area contributed by atoms with E-state index in [1.54, 1.807) is 12.1 Å². The van der Waals surface area contributed by atoms with Crippen LogP contribution in [0.3, 0.4) is 0 Å². The van der Waals surface area contributed by atoms with Crippen LogP contribution in [0.2, 0.25) is 0 Å². The van der Waals surface area contributed by atoms with E-state index in [0.29, 0.717) is 12.0 Å². The maximum absolute atomic E-state index is 13.9. The second-order valence-corrected chi connectivity index (χ2v) is 5.37. The lowest BCUT2D eigenvalue weighted by atomic mass is 9.78. The predicted octanol–water partition coefficient (Wildman–Crippen LogP) is 2.48. The molecular weight excluding hydrogens is 203 g/mol. The van der Waals surface area contributed by atoms with Gasteiger partial charge in [-0.1, -0.05) is 6.07 Å². The molecular formula is C13H17FN2. The molecule has 2 aliphatic heterocycles. The van der Waals surface area contributed by atoms with Crippen LogP contribution in [-0.4, -0.2) is 18.1 Å². The van der Waals surface area contributed by atoms with Crippen LogP contribution < -0.4 is 10.6 Å². The van der Waals surface area contributed by atoms with Crippen molar-refractivity contribution in [3.05, 3.63) is 29.6 Å². The summed E-state index contributed by atoms with van der Waals surface area (Å²) < 4.78 is 13.9. The SMILES string of the molecule is CC1(C)NCCC2c3c(F)cccc3NC21. The summed E-state index contributed by atoms with van der Waals surface area (Å²) in [6.45, 7) is 5.32. The summed E-state index contributed by atoms with van der Waals surface area (Å²) >= 11 is 0. The highest BCUT2D eigenvalue weighted by Crippen LogP contribution is 2.44. The first-order chi connectivity index (χ1) is 7.59. The first-order valence-electron chi connectivity index (χ1n) is 5.89. The molecule has 2 N–H and O–H groups in total. The fraction of sp³-hybridized carbons (Fsp3) is 0.538. The van der Waals surface area contributed by atoms with Gasteiger partial charge in [0.1, 0.15) is 5.82 Å². The molecule has 1 saturated heterocycles. The van der Waals surface area contributed by atoms with Crippen molar-refractivity contribution in [2.24, 2.45) is 0 Å². The van der Waals surface area contributed by atoms with Crippen molar-refractivity contribution >= 4 is 5.69 Å². The Morgan fingerprint density at radius 1 is 1.38 bits per heavy atom. The van der Waals surface area contributed by atoms with Crippen molar-refractivity contribution in [3.8, 4) is 0 Å². The maximum Gasteiger partial charge on any atom is 0.128 e. The normalized spacial score (nSPS) is 30.4. The Morgan fingerprint density at radius 2 is 2.19 bits per heavy atom. The highest BCUT2D eigenvalue weighted by atomic mass is 19.1. The number of halogens is 1. The van der Waals surface area contributed by atoms with Crippen LogP contribution in [0.5, 0.6) is 0 Å². The molecule has 0 aliphatic carbocycles. The van der Waals surface area contributed by atoms with Gasteiger partial charge in [-0.25, -0.2) is 4.39 Å². The van der Waals surface area contributed by atoms with Crippen molar-refractivity contribution in [2.45, 2.75) is 37.8 Å². The van der Waals surface area contributed by atoms with Gasteiger partial charge >= 0.3 is 0 Å². The number of rotatable bonds is 0. The third-order valence-electron chi connectivity index (χ3n) is 3.95. The molecule has 1 aromatic rings. The zero-order chi connectivity index (χ0) is 11.3. The molecule has 0 bridgehead atoms. The van der Waals surface area contributed by atoms with E-state index in [1.165, 1.54) is 0 Å². The van der Waals surface area contributed by atoms with Crippen LogP contribution in [0.4, 0.5) is 10.1 Å². The molecule has 0 saturated carbocycles. The number of nitrogens with one attached hydrogen (secondary N) is 2. The topological polar surface area (TPSA) is 24.1 Å². The Kier molecular flexibility index (Phi) is 2.02. The largest absolute Gasteiger partial charge is 0.380 e. The number of hydrogen-bond acceptors (Lipinski definition) is 2. The average molecular weight is 220 g/mol. The Balaban J connectivity index is 2.07. The number of fused-ring (bicyclic) bond motifs is 3. The highest BCUT2D eigenvalue weighted by Gasteiger charge is 2.45. The summed E-state index contributed by atoms with van der Waals surface area (Å²) in [5, 5.41) is 6.96. The van der Waals surface area contributed by atoms with Gasteiger partial charge in [0.15, 0.2) is 0 Å². The smallest absolute Gasteiger partial charge is 0.128 e. The molecule has 2 nitrogen and oxygen atoms in total. The molecule has 3 rings (SSSR count). The van der Waals surface area contributed by atoms with E-state index in [-0.39, 0.29) is 11.4 Å². The van der Waals surface area contributed by atoms with Crippen molar-refractivity contribution in [1.82, 2.24) is 5.32 Å². The van der Waals surface area contributed by atoms with E-state index in [9.17, 15) is 4.39 Å². The minimum absolute atomic E-state index is 0.0222. The van der Waals surface area contributed by atoms with E-state index in [4.69, 9.17) is 0 Å². The molecule has 0 amide bonds. The van der Waals surface area contributed by atoms with E-state index in [2.05, 4.69) is 24.5 Å². The summed E-state index contributed by atoms with van der Waals surface area (Å²) in [5.41, 5.74) is 1.89. The van der Waals surface area contributed by atoms with Gasteiger partial charge in [-0.05, 0) is 38.9 Å². The van der Waals surface area contributed by atoms with Gasteiger partial charge in [0, 0.05) is 22.7 Å². The third kappa shape index (κ3) is 1.27. The molecule has 1 aromatic carbocycles. The zero-order valence-corrected chi connectivity index (χ0v) is 9.68. The van der Waals surface area contributed by atoms with E-state index in [0.717, 1.165) is 24.2 Å². The molecule has 3 heteroatoms. The standard InChI is InChI=1S/C13H17FN2/c1-13(2)12-8(6-7-15-13)11-9(14)4-3-5-10(11)16-12/h3-5,8,12,15-16H,6-7H2,1-2H3. The average Bonchev–Trinajstić information content (AvgIpc) is 2.59. The number of benzene rings is 1. The molecule has 1 fully saturated rings. The molecule has 2 unspecified atom stereocenters. The molecule has 86 valence electrons. The van der Waals surface area contributed by atoms with Gasteiger partial charge in [0.05, 0.1) is 6.04 Å². The zero-order valence-electron chi connectivity index (χ0n) is 9.68. The number of anilines is 1. The minimum atomic E-state index is -0.0600. The van der Waals surface area contributed by atoms with E-state index < -0.39 is 0 Å². The third-order valence-corrected chi connectivity index (χ3v) is 3.95. The molecule has 0 aromatic heterocycles. The molecule has 2 aliphatic rings. The molecule has 2 atom stereocenters. The van der Waals surface area contributed by atoms with Crippen LogP contribution in [0.15, 0.2) is 18.2 Å². The number of piperidine rings is 1. The molecule has 0 spiro atoms. The summed E-state index contributed by atoms with van der Waals surface area (Å²) in [7, 11) is 0. The summed E-state index contributed by atoms with van der Waals surface area (Å²) in [6, 6.07) is 5.62. The van der Waals surface area contributed by atoms with E-state index in [1.807, 2.05) is 6.07 Å². The Bertz CT molecular complexity index is 428. The van der Waals surface area contributed by atoms with Gasteiger partial charge < -0.3 is 10.6 Å². The molecule has 0 radical (unpaired) electrons. The van der Waals surface area contributed by atoms with Crippen LogP contribution in [0, 0.1) is 5.82 Å². The monoisotopic (exact) mass is 220 g/mol. The second kappa shape index (κ2) is 3.20. The minimum Gasteiger partial charge on any atom is -0.380 e. The van der Waals surface area contributed by atoms with Gasteiger partial charge in [-0.2, -0.15) is 0 Å². The fourth-order valence-corrected chi connectivity index (χ4v) is 3.13. The first-order valence-corrected chi connectivity index (χ1v) is 5.89. The fourth-order valence-electron chi connectivity index (χ4n) is 3.13. The summed E-state index contributed by atoms with van der Waals surface area (Å²) in [6.07, 6.45) is 1.01. The van der Waals surface area contributed by atoms with Crippen LogP contribution in [0.25, 0.3) is 0 Å². The quantitative estimate of drug-likeness (QED) is 0.702. The van der Waals surface area contributed by atoms with Crippen molar-refractivity contribution in [1.29, 1.82) is 0 Å². The summed E-state index contributed by atoms with van der Waals surface area (Å²) in [4.78, 5) is 0. The maximum atomic E-state index is 13.9. The first kappa shape index (κ1) is 10.1.